The monoisotopic (exact) mass is 429 g/mol. The summed E-state index contributed by atoms with van der Waals surface area (Å²) in [4.78, 5) is 47.6. The fourth-order valence-corrected chi connectivity index (χ4v) is 4.86. The van der Waals surface area contributed by atoms with Gasteiger partial charge in [0.05, 0.1) is 16.8 Å². The number of aromatic nitrogens is 2. The van der Waals surface area contributed by atoms with Gasteiger partial charge in [-0.15, -0.1) is 11.3 Å². The number of Topliss-reactive ketones (excluding diaryl/α,β-unsaturated/α-hetero) is 1. The van der Waals surface area contributed by atoms with Crippen molar-refractivity contribution >= 4 is 50.7 Å². The van der Waals surface area contributed by atoms with Gasteiger partial charge in [0.1, 0.15) is 10.6 Å². The highest BCUT2D eigenvalue weighted by molar-refractivity contribution is 7.99. The van der Waals surface area contributed by atoms with Crippen LogP contribution in [-0.2, 0) is 4.79 Å². The molecule has 0 spiro atoms. The summed E-state index contributed by atoms with van der Waals surface area (Å²) in [6.45, 7) is 4.51. The van der Waals surface area contributed by atoms with Gasteiger partial charge in [0.25, 0.3) is 11.5 Å². The van der Waals surface area contributed by atoms with Gasteiger partial charge in [0, 0.05) is 17.0 Å². The second kappa shape index (κ2) is 8.00. The third-order valence-corrected chi connectivity index (χ3v) is 6.33. The molecule has 0 saturated heterocycles. The molecule has 1 aliphatic rings. The first kappa shape index (κ1) is 19.7. The minimum atomic E-state index is -0.200. The van der Waals surface area contributed by atoms with Gasteiger partial charge in [0.2, 0.25) is 0 Å². The predicted octanol–water partition coefficient (Wildman–Crippen LogP) is 3.40. The third kappa shape index (κ3) is 3.92. The molecule has 1 N–H and O–H groups in total. The molecule has 0 unspecified atom stereocenters. The highest BCUT2D eigenvalue weighted by atomic mass is 32.2. The fraction of sp³-hybridized carbons (Fsp3) is 0.300. The minimum Gasteiger partial charge on any atom is -0.482 e. The number of aromatic amines is 1. The van der Waals surface area contributed by atoms with Gasteiger partial charge in [-0.05, 0) is 37.6 Å². The number of fused-ring (bicyclic) bond motifs is 2. The number of rotatable bonds is 6. The molecule has 0 aliphatic carbocycles. The molecular formula is C20H19N3O4S2. The summed E-state index contributed by atoms with van der Waals surface area (Å²) in [5.41, 5.74) is 0.918. The molecule has 3 heterocycles. The van der Waals surface area contributed by atoms with Crippen LogP contribution in [0.1, 0.15) is 28.6 Å². The van der Waals surface area contributed by atoms with E-state index in [0.717, 1.165) is 11.3 Å². The van der Waals surface area contributed by atoms with Crippen LogP contribution in [0.25, 0.3) is 10.2 Å². The van der Waals surface area contributed by atoms with Gasteiger partial charge in [-0.2, -0.15) is 0 Å². The number of thiophene rings is 1. The number of ether oxygens (including phenoxy) is 1. The second-order valence-electron chi connectivity index (χ2n) is 6.68. The number of amides is 1. The average molecular weight is 430 g/mol. The predicted molar refractivity (Wildman–Crippen MR) is 115 cm³/mol. The first-order valence-electron chi connectivity index (χ1n) is 9.20. The smallest absolute Gasteiger partial charge is 0.265 e. The lowest BCUT2D eigenvalue weighted by Crippen LogP contribution is -2.39. The summed E-state index contributed by atoms with van der Waals surface area (Å²) in [7, 11) is 0. The van der Waals surface area contributed by atoms with Crippen LogP contribution in [0.5, 0.6) is 5.75 Å². The number of carbonyl (C=O) groups excluding carboxylic acids is 2. The Kier molecular flexibility index (Phi) is 5.42. The number of hydrogen-bond acceptors (Lipinski definition) is 7. The highest BCUT2D eigenvalue weighted by Gasteiger charge is 2.26. The Morgan fingerprint density at radius 1 is 1.34 bits per heavy atom. The van der Waals surface area contributed by atoms with Crippen molar-refractivity contribution < 1.29 is 14.3 Å². The van der Waals surface area contributed by atoms with E-state index >= 15 is 0 Å². The largest absolute Gasteiger partial charge is 0.482 e. The molecule has 150 valence electrons. The number of hydrogen-bond donors (Lipinski definition) is 1. The van der Waals surface area contributed by atoms with Gasteiger partial charge in [-0.1, -0.05) is 18.7 Å². The fourth-order valence-electron chi connectivity index (χ4n) is 3.16. The van der Waals surface area contributed by atoms with Gasteiger partial charge < -0.3 is 14.6 Å². The Morgan fingerprint density at radius 3 is 2.97 bits per heavy atom. The van der Waals surface area contributed by atoms with Crippen molar-refractivity contribution in [1.29, 1.82) is 0 Å². The van der Waals surface area contributed by atoms with Crippen LogP contribution in [0.4, 0.5) is 5.69 Å². The normalized spacial score (nSPS) is 13.4. The average Bonchev–Trinajstić information content (AvgIpc) is 3.09. The lowest BCUT2D eigenvalue weighted by atomic mass is 10.1. The quantitative estimate of drug-likeness (QED) is 0.367. The van der Waals surface area contributed by atoms with Crippen LogP contribution in [0.2, 0.25) is 0 Å². The van der Waals surface area contributed by atoms with E-state index in [1.807, 2.05) is 19.9 Å². The standard InChI is InChI=1S/C20H19N3O4S2/c1-3-6-23-14-8-12(4-5-16(14)27-9-17(23)25)15(24)10-28-20-21-18(26)13-7-11(2)29-19(13)22-20/h4-5,7-8H,3,6,9-10H2,1-2H3,(H,21,22,26). The van der Waals surface area contributed by atoms with Crippen molar-refractivity contribution in [3.8, 4) is 5.75 Å². The zero-order chi connectivity index (χ0) is 20.5. The van der Waals surface area contributed by atoms with Crippen LogP contribution in [0, 0.1) is 6.92 Å². The summed E-state index contributed by atoms with van der Waals surface area (Å²) in [6, 6.07) is 6.93. The van der Waals surface area contributed by atoms with Crippen LogP contribution >= 0.6 is 23.1 Å². The maximum Gasteiger partial charge on any atom is 0.265 e. The van der Waals surface area contributed by atoms with E-state index in [4.69, 9.17) is 4.74 Å². The Labute approximate surface area is 175 Å². The van der Waals surface area contributed by atoms with Gasteiger partial charge in [-0.3, -0.25) is 14.4 Å². The number of anilines is 1. The van der Waals surface area contributed by atoms with Crippen molar-refractivity contribution in [3.05, 3.63) is 45.1 Å². The zero-order valence-electron chi connectivity index (χ0n) is 16.0. The number of nitrogens with zero attached hydrogens (tertiary/aromatic N) is 2. The number of H-pyrrole nitrogens is 1. The van der Waals surface area contributed by atoms with E-state index in [1.54, 1.807) is 23.1 Å². The minimum absolute atomic E-state index is 0.0137. The van der Waals surface area contributed by atoms with E-state index in [1.165, 1.54) is 23.1 Å². The maximum absolute atomic E-state index is 12.7. The molecular weight excluding hydrogens is 410 g/mol. The molecule has 0 atom stereocenters. The van der Waals surface area contributed by atoms with Gasteiger partial charge in [-0.25, -0.2) is 4.98 Å². The molecule has 1 amide bonds. The van der Waals surface area contributed by atoms with E-state index in [-0.39, 0.29) is 29.6 Å². The van der Waals surface area contributed by atoms with Crippen LogP contribution in [0.3, 0.4) is 0 Å². The summed E-state index contributed by atoms with van der Waals surface area (Å²) in [6.07, 6.45) is 0.808. The molecule has 3 aromatic rings. The number of benzene rings is 1. The van der Waals surface area contributed by atoms with Crippen molar-refractivity contribution in [2.45, 2.75) is 25.4 Å². The molecule has 0 fully saturated rings. The Morgan fingerprint density at radius 2 is 2.17 bits per heavy atom. The summed E-state index contributed by atoms with van der Waals surface area (Å²) < 4.78 is 5.48. The molecule has 1 aromatic carbocycles. The van der Waals surface area contributed by atoms with E-state index < -0.39 is 0 Å². The second-order valence-corrected chi connectivity index (χ2v) is 8.87. The van der Waals surface area contributed by atoms with E-state index in [0.29, 0.717) is 38.9 Å². The summed E-state index contributed by atoms with van der Waals surface area (Å²) in [5, 5.41) is 0.986. The molecule has 1 aliphatic heterocycles. The Hall–Kier alpha value is -2.65. The van der Waals surface area contributed by atoms with Crippen molar-refractivity contribution in [3.63, 3.8) is 0 Å². The maximum atomic E-state index is 12.7. The van der Waals surface area contributed by atoms with Crippen LogP contribution < -0.4 is 15.2 Å². The topological polar surface area (TPSA) is 92.4 Å². The molecule has 7 nitrogen and oxygen atoms in total. The highest BCUT2D eigenvalue weighted by Crippen LogP contribution is 2.33. The number of ketones is 1. The van der Waals surface area contributed by atoms with Crippen molar-refractivity contribution in [1.82, 2.24) is 9.97 Å². The molecule has 0 radical (unpaired) electrons. The van der Waals surface area contributed by atoms with E-state index in [2.05, 4.69) is 9.97 Å². The Balaban J connectivity index is 1.53. The lowest BCUT2D eigenvalue weighted by molar-refractivity contribution is -0.121. The SMILES string of the molecule is CCCN1C(=O)COc2ccc(C(=O)CSc3nc4sc(C)cc4c(=O)[nH]3)cc21. The van der Waals surface area contributed by atoms with Gasteiger partial charge in [0.15, 0.2) is 17.5 Å². The number of aryl methyl sites for hydroxylation is 1. The van der Waals surface area contributed by atoms with Crippen molar-refractivity contribution in [2.24, 2.45) is 0 Å². The number of carbonyl (C=O) groups is 2. The first-order valence-corrected chi connectivity index (χ1v) is 11.0. The number of thioether (sulfide) groups is 1. The molecule has 4 rings (SSSR count). The zero-order valence-corrected chi connectivity index (χ0v) is 17.6. The van der Waals surface area contributed by atoms with Crippen LogP contribution in [0.15, 0.2) is 34.2 Å². The molecule has 2 aromatic heterocycles. The van der Waals surface area contributed by atoms with Crippen molar-refractivity contribution in [2.75, 3.05) is 23.8 Å². The molecule has 0 bridgehead atoms. The first-order chi connectivity index (χ1) is 14.0. The Bertz CT molecular complexity index is 1170. The third-order valence-electron chi connectivity index (χ3n) is 4.51. The van der Waals surface area contributed by atoms with Crippen LogP contribution in [-0.4, -0.2) is 40.6 Å². The lowest BCUT2D eigenvalue weighted by Gasteiger charge is -2.29. The number of nitrogens with one attached hydrogen (secondary N) is 1. The summed E-state index contributed by atoms with van der Waals surface area (Å²) >= 11 is 2.64. The van der Waals surface area contributed by atoms with Gasteiger partial charge >= 0.3 is 0 Å². The summed E-state index contributed by atoms with van der Waals surface area (Å²) in [5.74, 6) is 0.504. The molecule has 29 heavy (non-hydrogen) atoms. The molecule has 9 heteroatoms. The molecule has 0 saturated carbocycles. The van der Waals surface area contributed by atoms with E-state index in [9.17, 15) is 14.4 Å².